The largest absolute Gasteiger partial charge is 0.457 e. The van der Waals surface area contributed by atoms with E-state index < -0.39 is 9.84 Å². The minimum absolute atomic E-state index is 0.104. The summed E-state index contributed by atoms with van der Waals surface area (Å²) in [6, 6.07) is 26.2. The normalized spacial score (nSPS) is 11.2. The van der Waals surface area contributed by atoms with Crippen LogP contribution in [-0.4, -0.2) is 8.42 Å². The van der Waals surface area contributed by atoms with Gasteiger partial charge in [0.05, 0.1) is 4.90 Å². The molecule has 0 aromatic heterocycles. The SMILES string of the molecule is Cc1cc(Oc2ccc(Br)cc2)ccc1S(=O)(=O)c1ccccc1Oc1ccc(Br)cc1. The number of para-hydroxylation sites is 1. The predicted octanol–water partition coefficient (Wildman–Crippen LogP) is 7.94. The van der Waals surface area contributed by atoms with E-state index in [0.717, 1.165) is 8.95 Å². The van der Waals surface area contributed by atoms with Crippen LogP contribution in [0.5, 0.6) is 23.0 Å². The summed E-state index contributed by atoms with van der Waals surface area (Å²) in [4.78, 5) is 0.306. The van der Waals surface area contributed by atoms with Crippen LogP contribution in [0.1, 0.15) is 5.56 Å². The van der Waals surface area contributed by atoms with Crippen molar-refractivity contribution in [1.29, 1.82) is 0 Å². The fourth-order valence-electron chi connectivity index (χ4n) is 3.13. The lowest BCUT2D eigenvalue weighted by molar-refractivity contribution is 0.467. The minimum atomic E-state index is -3.82. The van der Waals surface area contributed by atoms with Crippen LogP contribution < -0.4 is 9.47 Å². The van der Waals surface area contributed by atoms with Gasteiger partial charge < -0.3 is 9.47 Å². The Kier molecular flexibility index (Phi) is 6.69. The molecule has 0 N–H and O–H groups in total. The van der Waals surface area contributed by atoms with Crippen LogP contribution in [0.25, 0.3) is 0 Å². The van der Waals surface area contributed by atoms with Crippen molar-refractivity contribution in [2.24, 2.45) is 0 Å². The molecule has 0 saturated heterocycles. The zero-order valence-electron chi connectivity index (χ0n) is 17.0. The summed E-state index contributed by atoms with van der Waals surface area (Å²) in [6.07, 6.45) is 0. The Morgan fingerprint density at radius 2 is 1.16 bits per heavy atom. The molecule has 0 saturated carbocycles. The van der Waals surface area contributed by atoms with E-state index >= 15 is 0 Å². The van der Waals surface area contributed by atoms with E-state index in [1.165, 1.54) is 0 Å². The second-order valence-corrected chi connectivity index (χ2v) is 10.7. The van der Waals surface area contributed by atoms with Crippen LogP contribution in [-0.2, 0) is 9.84 Å². The second kappa shape index (κ2) is 9.48. The first-order chi connectivity index (χ1) is 15.3. The lowest BCUT2D eigenvalue weighted by Gasteiger charge is -2.14. The highest BCUT2D eigenvalue weighted by atomic mass is 79.9. The molecular formula is C25H18Br2O4S. The molecule has 0 aliphatic heterocycles. The number of benzene rings is 4. The van der Waals surface area contributed by atoms with Gasteiger partial charge in [0.15, 0.2) is 0 Å². The van der Waals surface area contributed by atoms with E-state index in [1.807, 2.05) is 36.4 Å². The minimum Gasteiger partial charge on any atom is -0.457 e. The molecular weight excluding hydrogens is 556 g/mol. The smallest absolute Gasteiger partial charge is 0.210 e. The van der Waals surface area contributed by atoms with Crippen molar-refractivity contribution in [2.45, 2.75) is 16.7 Å². The zero-order valence-corrected chi connectivity index (χ0v) is 20.9. The standard InChI is InChI=1S/C25H18Br2O4S/c1-17-16-22(30-20-10-6-18(26)7-11-20)14-15-24(17)32(28,29)25-5-3-2-4-23(25)31-21-12-8-19(27)9-13-21/h2-16H,1H3. The Bertz CT molecular complexity index is 1350. The van der Waals surface area contributed by atoms with E-state index in [9.17, 15) is 8.42 Å². The molecule has 32 heavy (non-hydrogen) atoms. The molecule has 7 heteroatoms. The molecule has 4 aromatic carbocycles. The molecule has 0 aliphatic rings. The molecule has 0 bridgehead atoms. The summed E-state index contributed by atoms with van der Waals surface area (Å²) in [5.74, 6) is 2.04. The van der Waals surface area contributed by atoms with Crippen molar-refractivity contribution in [3.8, 4) is 23.0 Å². The van der Waals surface area contributed by atoms with Crippen LogP contribution in [0.4, 0.5) is 0 Å². The Morgan fingerprint density at radius 1 is 0.625 bits per heavy atom. The maximum absolute atomic E-state index is 13.5. The topological polar surface area (TPSA) is 52.6 Å². The lowest BCUT2D eigenvalue weighted by atomic mass is 10.2. The van der Waals surface area contributed by atoms with E-state index in [-0.39, 0.29) is 15.5 Å². The van der Waals surface area contributed by atoms with Gasteiger partial charge in [-0.3, -0.25) is 0 Å². The van der Waals surface area contributed by atoms with Crippen LogP contribution in [0.3, 0.4) is 0 Å². The molecule has 0 atom stereocenters. The van der Waals surface area contributed by atoms with Gasteiger partial charge in [-0.15, -0.1) is 0 Å². The summed E-state index contributed by atoms with van der Waals surface area (Å²) in [6.45, 7) is 1.75. The van der Waals surface area contributed by atoms with Gasteiger partial charge in [-0.1, -0.05) is 44.0 Å². The number of rotatable bonds is 6. The predicted molar refractivity (Wildman–Crippen MR) is 132 cm³/mol. The Hall–Kier alpha value is -2.61. The Labute approximate surface area is 204 Å². The van der Waals surface area contributed by atoms with Crippen LogP contribution in [0.2, 0.25) is 0 Å². The van der Waals surface area contributed by atoms with Gasteiger partial charge in [0, 0.05) is 8.95 Å². The molecule has 0 heterocycles. The van der Waals surface area contributed by atoms with Gasteiger partial charge in [-0.25, -0.2) is 8.42 Å². The average molecular weight is 574 g/mol. The molecule has 0 aliphatic carbocycles. The van der Waals surface area contributed by atoms with E-state index in [1.54, 1.807) is 61.5 Å². The van der Waals surface area contributed by atoms with E-state index in [4.69, 9.17) is 9.47 Å². The maximum Gasteiger partial charge on any atom is 0.210 e. The Balaban J connectivity index is 1.65. The quantitative estimate of drug-likeness (QED) is 0.235. The first-order valence-corrected chi connectivity index (χ1v) is 12.7. The molecule has 0 fully saturated rings. The number of halogens is 2. The summed E-state index contributed by atoms with van der Waals surface area (Å²) in [5, 5.41) is 0. The van der Waals surface area contributed by atoms with Gasteiger partial charge in [-0.05, 0) is 91.3 Å². The third-order valence-electron chi connectivity index (χ3n) is 4.67. The van der Waals surface area contributed by atoms with Crippen molar-refractivity contribution in [3.63, 3.8) is 0 Å². The molecule has 4 aromatic rings. The fourth-order valence-corrected chi connectivity index (χ4v) is 5.26. The van der Waals surface area contributed by atoms with Gasteiger partial charge in [0.1, 0.15) is 27.9 Å². The van der Waals surface area contributed by atoms with Crippen LogP contribution >= 0.6 is 31.9 Å². The number of sulfone groups is 1. The molecule has 0 amide bonds. The van der Waals surface area contributed by atoms with Crippen molar-refractivity contribution in [1.82, 2.24) is 0 Å². The van der Waals surface area contributed by atoms with E-state index in [2.05, 4.69) is 31.9 Å². The summed E-state index contributed by atoms with van der Waals surface area (Å²) in [5.41, 5.74) is 0.582. The molecule has 4 nitrogen and oxygen atoms in total. The number of ether oxygens (including phenoxy) is 2. The fraction of sp³-hybridized carbons (Fsp3) is 0.0400. The third kappa shape index (κ3) is 5.06. The third-order valence-corrected chi connectivity index (χ3v) is 7.68. The van der Waals surface area contributed by atoms with Gasteiger partial charge in [0.2, 0.25) is 9.84 Å². The summed E-state index contributed by atoms with van der Waals surface area (Å²) in [7, 11) is -3.82. The van der Waals surface area contributed by atoms with Gasteiger partial charge in [-0.2, -0.15) is 0 Å². The summed E-state index contributed by atoms with van der Waals surface area (Å²) >= 11 is 6.77. The van der Waals surface area contributed by atoms with Gasteiger partial charge in [0.25, 0.3) is 0 Å². The highest BCUT2D eigenvalue weighted by Crippen LogP contribution is 2.35. The van der Waals surface area contributed by atoms with E-state index in [0.29, 0.717) is 22.8 Å². The first-order valence-electron chi connectivity index (χ1n) is 9.64. The maximum atomic E-state index is 13.5. The van der Waals surface area contributed by atoms with Crippen LogP contribution in [0, 0.1) is 6.92 Å². The molecule has 0 radical (unpaired) electrons. The average Bonchev–Trinajstić information content (AvgIpc) is 2.77. The monoisotopic (exact) mass is 572 g/mol. The summed E-state index contributed by atoms with van der Waals surface area (Å²) < 4.78 is 40.6. The lowest BCUT2D eigenvalue weighted by Crippen LogP contribution is -2.06. The number of hydrogen-bond donors (Lipinski definition) is 0. The van der Waals surface area contributed by atoms with Gasteiger partial charge >= 0.3 is 0 Å². The molecule has 162 valence electrons. The molecule has 0 spiro atoms. The number of aryl methyl sites for hydroxylation is 1. The molecule has 0 unspecified atom stereocenters. The first kappa shape index (κ1) is 22.6. The molecule has 4 rings (SSSR count). The highest BCUT2D eigenvalue weighted by molar-refractivity contribution is 9.10. The van der Waals surface area contributed by atoms with Crippen molar-refractivity contribution >= 4 is 41.7 Å². The van der Waals surface area contributed by atoms with Crippen molar-refractivity contribution < 1.29 is 17.9 Å². The van der Waals surface area contributed by atoms with Crippen LogP contribution in [0.15, 0.2) is 110 Å². The second-order valence-electron chi connectivity index (χ2n) is 6.99. The Morgan fingerprint density at radius 3 is 1.75 bits per heavy atom. The highest BCUT2D eigenvalue weighted by Gasteiger charge is 2.24. The van der Waals surface area contributed by atoms with Crippen molar-refractivity contribution in [2.75, 3.05) is 0 Å². The number of hydrogen-bond acceptors (Lipinski definition) is 4. The van der Waals surface area contributed by atoms with Crippen molar-refractivity contribution in [3.05, 3.63) is 106 Å². The zero-order chi connectivity index (χ0) is 22.7.